The molecule has 6 N–H and O–H groups in total. The van der Waals surface area contributed by atoms with Gasteiger partial charge in [-0.25, -0.2) is 14.8 Å². The van der Waals surface area contributed by atoms with Crippen LogP contribution in [0.2, 0.25) is 0 Å². The van der Waals surface area contributed by atoms with Gasteiger partial charge in [0.05, 0.1) is 16.9 Å². The maximum Gasteiger partial charge on any atom is 0.336 e. The van der Waals surface area contributed by atoms with E-state index in [2.05, 4.69) is 71.1 Å². The summed E-state index contributed by atoms with van der Waals surface area (Å²) in [6, 6.07) is 29.4. The molecule has 0 aliphatic heterocycles. The van der Waals surface area contributed by atoms with Gasteiger partial charge in [-0.2, -0.15) is 0 Å². The van der Waals surface area contributed by atoms with Crippen LogP contribution in [-0.4, -0.2) is 51.9 Å². The highest BCUT2D eigenvalue weighted by molar-refractivity contribution is 14.1. The van der Waals surface area contributed by atoms with Crippen molar-refractivity contribution in [3.63, 3.8) is 0 Å². The average molecular weight is 1040 g/mol. The Hall–Kier alpha value is -5.16. The van der Waals surface area contributed by atoms with Crippen molar-refractivity contribution in [2.45, 2.75) is 64.2 Å². The highest BCUT2D eigenvalue weighted by Gasteiger charge is 2.20. The van der Waals surface area contributed by atoms with Crippen LogP contribution in [0.15, 0.2) is 109 Å². The van der Waals surface area contributed by atoms with Crippen molar-refractivity contribution >= 4 is 102 Å². The summed E-state index contributed by atoms with van der Waals surface area (Å²) in [6.45, 7) is 1.40. The Morgan fingerprint density at radius 3 is 1.54 bits per heavy atom. The summed E-state index contributed by atoms with van der Waals surface area (Å²) in [7, 11) is 0. The number of nitrogen functional groups attached to an aromatic ring is 1. The molecule has 2 aliphatic rings. The molecule has 0 bridgehead atoms. The fraction of sp³-hybridized carbons (Fsp3) is 0.292. The molecule has 13 heteroatoms. The Morgan fingerprint density at radius 2 is 1.02 bits per heavy atom. The van der Waals surface area contributed by atoms with Gasteiger partial charge in [0.1, 0.15) is 0 Å². The zero-order valence-electron chi connectivity index (χ0n) is 33.8. The third-order valence-corrected chi connectivity index (χ3v) is 13.0. The molecule has 0 atom stereocenters. The minimum absolute atomic E-state index is 0.159. The van der Waals surface area contributed by atoms with Crippen LogP contribution in [-0.2, 0) is 0 Å². The molecule has 2 aromatic heterocycles. The van der Waals surface area contributed by atoms with Gasteiger partial charge in [-0.15, -0.1) is 0 Å². The lowest BCUT2D eigenvalue weighted by atomic mass is 9.89. The summed E-state index contributed by atoms with van der Waals surface area (Å²) in [5.74, 6) is -0.382. The van der Waals surface area contributed by atoms with E-state index in [1.807, 2.05) is 66.7 Å². The molecule has 2 aliphatic carbocycles. The largest absolute Gasteiger partial charge is 0.478 e. The first kappa shape index (κ1) is 45.4. The Bertz CT molecular complexity index is 2490. The summed E-state index contributed by atoms with van der Waals surface area (Å²) < 4.78 is 2.16. The van der Waals surface area contributed by atoms with Gasteiger partial charge in [-0.3, -0.25) is 14.4 Å². The number of halogens is 2. The van der Waals surface area contributed by atoms with Crippen LogP contribution in [0.3, 0.4) is 0 Å². The normalized spacial score (nSPS) is 14.1. The number of hydrogen-bond donors (Lipinski definition) is 5. The van der Waals surface area contributed by atoms with Gasteiger partial charge in [0, 0.05) is 38.2 Å². The number of nitrogens with two attached hydrogens (primary N) is 1. The van der Waals surface area contributed by atoms with Gasteiger partial charge in [-0.05, 0) is 153 Å². The van der Waals surface area contributed by atoms with Gasteiger partial charge in [0.2, 0.25) is 0 Å². The molecule has 0 radical (unpaired) electrons. The number of anilines is 2. The maximum absolute atomic E-state index is 13.0. The highest BCUT2D eigenvalue weighted by Crippen LogP contribution is 2.27. The number of nitrogens with zero attached hydrogens (tertiary/aromatic N) is 2. The summed E-state index contributed by atoms with van der Waals surface area (Å²) in [6.07, 6.45) is 15.6. The molecule has 0 saturated heterocycles. The number of aromatic carboxylic acids is 1. The van der Waals surface area contributed by atoms with Gasteiger partial charge < -0.3 is 26.8 Å². The second-order valence-corrected chi connectivity index (χ2v) is 17.6. The van der Waals surface area contributed by atoms with E-state index in [-0.39, 0.29) is 23.4 Å². The van der Waals surface area contributed by atoms with Crippen molar-refractivity contribution in [2.75, 3.05) is 24.1 Å². The second kappa shape index (κ2) is 22.6. The van der Waals surface area contributed by atoms with Crippen molar-refractivity contribution in [3.8, 4) is 0 Å². The predicted molar refractivity (Wildman–Crippen MR) is 259 cm³/mol. The van der Waals surface area contributed by atoms with Crippen molar-refractivity contribution in [2.24, 2.45) is 11.8 Å². The zero-order chi connectivity index (χ0) is 43.1. The van der Waals surface area contributed by atoms with Gasteiger partial charge in [0.15, 0.2) is 11.4 Å². The fourth-order valence-electron chi connectivity index (χ4n) is 7.82. The number of carbonyl (C=O) groups excluding carboxylic acids is 3. The number of amides is 3. The first-order valence-electron chi connectivity index (χ1n) is 20.7. The summed E-state index contributed by atoms with van der Waals surface area (Å²) in [4.78, 5) is 56.8. The molecule has 61 heavy (non-hydrogen) atoms. The molecule has 4 aromatic carbocycles. The number of benzene rings is 4. The number of hydrogen-bond acceptors (Lipinski definition) is 7. The molecule has 3 amide bonds. The summed E-state index contributed by atoms with van der Waals surface area (Å²) >= 11 is 4.47. The van der Waals surface area contributed by atoms with Crippen LogP contribution in [0.4, 0.5) is 11.4 Å². The summed E-state index contributed by atoms with van der Waals surface area (Å²) in [5.41, 5.74) is 8.09. The zero-order valence-corrected chi connectivity index (χ0v) is 38.2. The number of pyridine rings is 2. The molecule has 8 rings (SSSR count). The maximum atomic E-state index is 13.0. The van der Waals surface area contributed by atoms with Gasteiger partial charge in [-0.1, -0.05) is 87.1 Å². The minimum Gasteiger partial charge on any atom is -0.478 e. The SMILES string of the molecule is Nc1cccnc1C(=O)NCC1CCCCC1.O=C(NCC1CCCCC1)c1ncccc1NC(=O)c1ccc(I)c2ccccc12.O=C(O)c1ccc(I)c2ccccc12. The first-order chi connectivity index (χ1) is 29.6. The molecule has 0 unspecified atom stereocenters. The van der Waals surface area contributed by atoms with Crippen LogP contribution in [0.25, 0.3) is 21.5 Å². The third kappa shape index (κ3) is 12.5. The number of carboxylic acids is 1. The predicted octanol–water partition coefficient (Wildman–Crippen LogP) is 10.5. The molecule has 316 valence electrons. The molecule has 0 spiro atoms. The van der Waals surface area contributed by atoms with Crippen LogP contribution in [0.5, 0.6) is 0 Å². The number of nitrogens with one attached hydrogen (secondary N) is 3. The Kier molecular flexibility index (Phi) is 16.8. The molecule has 11 nitrogen and oxygen atoms in total. The first-order valence-corrected chi connectivity index (χ1v) is 22.9. The molecule has 6 aromatic rings. The van der Waals surface area contributed by atoms with Gasteiger partial charge in [0.25, 0.3) is 17.7 Å². The molecule has 2 fully saturated rings. The lowest BCUT2D eigenvalue weighted by Crippen LogP contribution is -2.31. The van der Waals surface area contributed by atoms with Crippen molar-refractivity contribution in [1.29, 1.82) is 0 Å². The van der Waals surface area contributed by atoms with Crippen molar-refractivity contribution in [3.05, 3.63) is 139 Å². The quantitative estimate of drug-likeness (QED) is 0.0889. The van der Waals surface area contributed by atoms with E-state index in [0.29, 0.717) is 46.6 Å². The average Bonchev–Trinajstić information content (AvgIpc) is 3.29. The lowest BCUT2D eigenvalue weighted by Gasteiger charge is -2.21. The van der Waals surface area contributed by atoms with Gasteiger partial charge >= 0.3 is 5.97 Å². The standard InChI is InChI=1S/C24H24IN3O2.C13H19N3O.C11H7IO2/c25-20-13-12-19(17-9-4-5-10-18(17)20)23(29)28-21-11-6-14-26-22(21)24(30)27-15-16-7-2-1-3-8-16;14-11-7-4-8-15-12(11)13(17)16-9-10-5-2-1-3-6-10;12-10-6-5-9(11(13)14)7-3-1-2-4-8(7)10/h4-6,9-14,16H,1-3,7-8,15H2,(H,27,30)(H,28,29);4,7-8,10H,1-3,5-6,9,14H2,(H,16,17);1-6H,(H,13,14). The number of rotatable bonds is 9. The van der Waals surface area contributed by atoms with Crippen LogP contribution in [0.1, 0.15) is 106 Å². The molecular weight excluding hydrogens is 994 g/mol. The van der Waals surface area contributed by atoms with E-state index in [4.69, 9.17) is 10.8 Å². The Labute approximate surface area is 383 Å². The smallest absolute Gasteiger partial charge is 0.336 e. The summed E-state index contributed by atoms with van der Waals surface area (Å²) in [5, 5.41) is 21.5. The van der Waals surface area contributed by atoms with Crippen LogP contribution in [0, 0.1) is 19.0 Å². The van der Waals surface area contributed by atoms with Crippen LogP contribution < -0.4 is 21.7 Å². The molecular formula is C48H50I2N6O5. The van der Waals surface area contributed by atoms with E-state index in [0.717, 1.165) is 48.1 Å². The van der Waals surface area contributed by atoms with E-state index >= 15 is 0 Å². The van der Waals surface area contributed by atoms with E-state index in [1.165, 1.54) is 51.4 Å². The van der Waals surface area contributed by atoms with E-state index < -0.39 is 5.97 Å². The van der Waals surface area contributed by atoms with E-state index in [1.54, 1.807) is 42.7 Å². The third-order valence-electron chi connectivity index (χ3n) is 11.1. The lowest BCUT2D eigenvalue weighted by molar-refractivity contribution is 0.0698. The van der Waals surface area contributed by atoms with Crippen LogP contribution >= 0.6 is 45.2 Å². The number of carbonyl (C=O) groups is 4. The number of fused-ring (bicyclic) bond motifs is 2. The number of aromatic nitrogens is 2. The monoisotopic (exact) mass is 1040 g/mol. The molecule has 2 saturated carbocycles. The Morgan fingerprint density at radius 1 is 0.557 bits per heavy atom. The minimum atomic E-state index is -0.877. The van der Waals surface area contributed by atoms with Crippen molar-refractivity contribution < 1.29 is 24.3 Å². The molecule has 2 heterocycles. The number of carboxylic acid groups (broad SMARTS) is 1. The van der Waals surface area contributed by atoms with E-state index in [9.17, 15) is 19.2 Å². The second-order valence-electron chi connectivity index (χ2n) is 15.3. The fourth-order valence-corrected chi connectivity index (χ4v) is 9.12. The highest BCUT2D eigenvalue weighted by atomic mass is 127. The Balaban J connectivity index is 0.000000169. The topological polar surface area (TPSA) is 176 Å². The van der Waals surface area contributed by atoms with Crippen molar-refractivity contribution in [1.82, 2.24) is 20.6 Å².